The van der Waals surface area contributed by atoms with E-state index in [-0.39, 0.29) is 13.2 Å². The summed E-state index contributed by atoms with van der Waals surface area (Å²) in [5.41, 5.74) is -0.986. The minimum Gasteiger partial charge on any atom is -0.394 e. The molecule has 3 aliphatic heterocycles. The Kier molecular flexibility index (Phi) is 14.7. The van der Waals surface area contributed by atoms with Gasteiger partial charge in [0.25, 0.3) is 0 Å². The van der Waals surface area contributed by atoms with Crippen LogP contribution in [0, 0.1) is 5.92 Å². The summed E-state index contributed by atoms with van der Waals surface area (Å²) in [6.45, 7) is 3.57. The third-order valence-electron chi connectivity index (χ3n) is 9.10. The SMILES string of the molecule is CCC(O)COCC1O[C@H](O[C@@H]2C(CO)O[C@H](OC)C(O)[C@H]2O)C(O)[C@@H](O)[C@@H]1O[C@H]1OC(CO)[C@@H](C(C)(CC)OC)C(O)[C@@H]1O. The Labute approximate surface area is 262 Å². The predicted molar refractivity (Wildman–Crippen MR) is 149 cm³/mol. The predicted octanol–water partition coefficient (Wildman–Crippen LogP) is -4.05. The summed E-state index contributed by atoms with van der Waals surface area (Å²) in [4.78, 5) is 0. The molecule has 0 saturated carbocycles. The van der Waals surface area contributed by atoms with Gasteiger partial charge in [0.05, 0.1) is 50.3 Å². The maximum Gasteiger partial charge on any atom is 0.187 e. The van der Waals surface area contributed by atoms with Crippen molar-refractivity contribution in [3.8, 4) is 0 Å². The van der Waals surface area contributed by atoms with Gasteiger partial charge in [-0.15, -0.1) is 0 Å². The molecule has 0 amide bonds. The van der Waals surface area contributed by atoms with Gasteiger partial charge in [0.15, 0.2) is 18.9 Å². The molecule has 0 aromatic heterocycles. The van der Waals surface area contributed by atoms with E-state index >= 15 is 0 Å². The van der Waals surface area contributed by atoms with Gasteiger partial charge in [-0.3, -0.25) is 0 Å². The van der Waals surface area contributed by atoms with Crippen LogP contribution in [-0.4, -0.2) is 184 Å². The fourth-order valence-corrected chi connectivity index (χ4v) is 5.95. The second kappa shape index (κ2) is 17.1. The zero-order chi connectivity index (χ0) is 33.6. The molecule has 266 valence electrons. The average molecular weight is 661 g/mol. The minimum absolute atomic E-state index is 0.123. The van der Waals surface area contributed by atoms with Gasteiger partial charge in [-0.05, 0) is 19.8 Å². The molecule has 0 radical (unpaired) electrons. The third-order valence-corrected chi connectivity index (χ3v) is 9.10. The fraction of sp³-hybridized carbons (Fsp3) is 1.00. The molecule has 17 nitrogen and oxygen atoms in total. The summed E-state index contributed by atoms with van der Waals surface area (Å²) in [6, 6.07) is 0. The third kappa shape index (κ3) is 8.49. The van der Waals surface area contributed by atoms with E-state index in [2.05, 4.69) is 0 Å². The lowest BCUT2D eigenvalue weighted by atomic mass is 9.75. The summed E-state index contributed by atoms with van der Waals surface area (Å²) in [7, 11) is 2.67. The molecule has 3 aliphatic rings. The van der Waals surface area contributed by atoms with Gasteiger partial charge >= 0.3 is 0 Å². The molecule has 3 rings (SSSR count). The van der Waals surface area contributed by atoms with Crippen molar-refractivity contribution >= 4 is 0 Å². The van der Waals surface area contributed by atoms with E-state index in [9.17, 15) is 46.0 Å². The van der Waals surface area contributed by atoms with Gasteiger partial charge in [-0.2, -0.15) is 0 Å². The van der Waals surface area contributed by atoms with E-state index in [1.54, 1.807) is 13.8 Å². The van der Waals surface area contributed by atoms with Crippen LogP contribution in [0.15, 0.2) is 0 Å². The van der Waals surface area contributed by atoms with Gasteiger partial charge in [-0.25, -0.2) is 0 Å². The van der Waals surface area contributed by atoms with Gasteiger partial charge in [-0.1, -0.05) is 13.8 Å². The normalized spacial score (nSPS) is 44.8. The molecule has 0 aromatic rings. The van der Waals surface area contributed by atoms with Crippen molar-refractivity contribution < 1.29 is 83.9 Å². The van der Waals surface area contributed by atoms with Crippen LogP contribution >= 0.6 is 0 Å². The molecule has 3 heterocycles. The molecule has 3 fully saturated rings. The summed E-state index contributed by atoms with van der Waals surface area (Å²) >= 11 is 0. The van der Waals surface area contributed by atoms with Crippen molar-refractivity contribution in [2.75, 3.05) is 40.6 Å². The molecular weight excluding hydrogens is 608 g/mol. The van der Waals surface area contributed by atoms with Crippen LogP contribution in [0.25, 0.3) is 0 Å². The van der Waals surface area contributed by atoms with Crippen molar-refractivity contribution in [1.29, 1.82) is 0 Å². The quantitative estimate of drug-likeness (QED) is 0.0810. The van der Waals surface area contributed by atoms with Gasteiger partial charge in [0.2, 0.25) is 0 Å². The van der Waals surface area contributed by atoms with Crippen molar-refractivity contribution in [2.24, 2.45) is 5.92 Å². The summed E-state index contributed by atoms with van der Waals surface area (Å²) in [5.74, 6) is -0.866. The van der Waals surface area contributed by atoms with Gasteiger partial charge in [0.1, 0.15) is 54.9 Å². The molecule has 0 aromatic carbocycles. The Morgan fingerprint density at radius 2 is 1.18 bits per heavy atom. The standard InChI is InChI=1S/C28H52O17/c1-6-12(31)10-40-11-15-24(45-26-20(35)17(32)16(13(8-29)41-26)28(3,7-2)39-5)19(34)22(37)27(43-15)44-23-14(9-30)42-25(38-4)21(36)18(23)33/h12-27,29-37H,6-11H2,1-5H3/t12?,13?,14?,15?,16-,17?,18-,19-,20+,21?,22?,23-,24-,25+,26-,27-,28?/m1/s1. The lowest BCUT2D eigenvalue weighted by Crippen LogP contribution is -2.67. The Bertz CT molecular complexity index is 861. The summed E-state index contributed by atoms with van der Waals surface area (Å²) in [5, 5.41) is 95.3. The molecule has 45 heavy (non-hydrogen) atoms. The highest BCUT2D eigenvalue weighted by atomic mass is 16.8. The van der Waals surface area contributed by atoms with Crippen LogP contribution in [0.1, 0.15) is 33.6 Å². The van der Waals surface area contributed by atoms with Gasteiger partial charge < -0.3 is 83.9 Å². The van der Waals surface area contributed by atoms with Crippen molar-refractivity contribution in [1.82, 2.24) is 0 Å². The van der Waals surface area contributed by atoms with Crippen LogP contribution in [0.5, 0.6) is 0 Å². The Balaban J connectivity index is 1.83. The first-order valence-electron chi connectivity index (χ1n) is 15.2. The van der Waals surface area contributed by atoms with Crippen molar-refractivity contribution in [3.05, 3.63) is 0 Å². The zero-order valence-electron chi connectivity index (χ0n) is 26.3. The first kappa shape index (κ1) is 38.8. The molecule has 0 aliphatic carbocycles. The van der Waals surface area contributed by atoms with Crippen LogP contribution in [0.4, 0.5) is 0 Å². The Morgan fingerprint density at radius 1 is 0.689 bits per heavy atom. The molecule has 17 heteroatoms. The van der Waals surface area contributed by atoms with E-state index in [4.69, 9.17) is 37.9 Å². The molecule has 3 saturated heterocycles. The molecule has 8 unspecified atom stereocenters. The van der Waals surface area contributed by atoms with E-state index < -0.39 is 117 Å². The number of methoxy groups -OCH3 is 2. The van der Waals surface area contributed by atoms with Crippen molar-refractivity contribution in [3.63, 3.8) is 0 Å². The Hall–Kier alpha value is -0.680. The molecular formula is C28H52O17. The topological polar surface area (TPSA) is 256 Å². The lowest BCUT2D eigenvalue weighted by Gasteiger charge is -2.51. The molecule has 9 N–H and O–H groups in total. The van der Waals surface area contributed by atoms with Crippen LogP contribution in [-0.2, 0) is 37.9 Å². The first-order chi connectivity index (χ1) is 21.3. The van der Waals surface area contributed by atoms with Crippen LogP contribution < -0.4 is 0 Å². The number of hydrogen-bond acceptors (Lipinski definition) is 17. The highest BCUT2D eigenvalue weighted by Gasteiger charge is 2.56. The lowest BCUT2D eigenvalue weighted by molar-refractivity contribution is -0.381. The minimum atomic E-state index is -1.86. The highest BCUT2D eigenvalue weighted by Crippen LogP contribution is 2.39. The number of aliphatic hydroxyl groups is 9. The Morgan fingerprint density at radius 3 is 1.67 bits per heavy atom. The van der Waals surface area contributed by atoms with Gasteiger partial charge in [0, 0.05) is 20.1 Å². The maximum absolute atomic E-state index is 11.2. The maximum atomic E-state index is 11.2. The summed E-state index contributed by atoms with van der Waals surface area (Å²) in [6.07, 6.45) is -21.2. The smallest absolute Gasteiger partial charge is 0.187 e. The average Bonchev–Trinajstić information content (AvgIpc) is 3.04. The van der Waals surface area contributed by atoms with Crippen molar-refractivity contribution in [2.45, 2.75) is 131 Å². The fourth-order valence-electron chi connectivity index (χ4n) is 5.95. The molecule has 0 bridgehead atoms. The number of ether oxygens (including phenoxy) is 8. The first-order valence-corrected chi connectivity index (χ1v) is 15.2. The summed E-state index contributed by atoms with van der Waals surface area (Å²) < 4.78 is 45.0. The van der Waals surface area contributed by atoms with E-state index in [0.717, 1.165) is 0 Å². The number of rotatable bonds is 15. The second-order valence-electron chi connectivity index (χ2n) is 11.9. The number of aliphatic hydroxyl groups excluding tert-OH is 9. The molecule has 0 spiro atoms. The van der Waals surface area contributed by atoms with E-state index in [1.807, 2.05) is 6.92 Å². The molecule has 17 atom stereocenters. The van der Waals surface area contributed by atoms with Crippen LogP contribution in [0.3, 0.4) is 0 Å². The second-order valence-corrected chi connectivity index (χ2v) is 11.9. The van der Waals surface area contributed by atoms with E-state index in [0.29, 0.717) is 12.8 Å². The number of hydrogen-bond donors (Lipinski definition) is 9. The van der Waals surface area contributed by atoms with E-state index in [1.165, 1.54) is 14.2 Å². The largest absolute Gasteiger partial charge is 0.394 e. The zero-order valence-corrected chi connectivity index (χ0v) is 26.3. The highest BCUT2D eigenvalue weighted by molar-refractivity contribution is 5.00. The monoisotopic (exact) mass is 660 g/mol. The van der Waals surface area contributed by atoms with Crippen LogP contribution in [0.2, 0.25) is 0 Å².